The molecule has 0 bridgehead atoms. The van der Waals surface area contributed by atoms with E-state index in [4.69, 9.17) is 5.11 Å². The van der Waals surface area contributed by atoms with Crippen LogP contribution in [0.25, 0.3) is 10.9 Å². The van der Waals surface area contributed by atoms with Gasteiger partial charge in [-0.15, -0.1) is 0 Å². The number of aromatic nitrogens is 1. The lowest BCUT2D eigenvalue weighted by Crippen LogP contribution is -2.41. The molecule has 2 aromatic rings. The fraction of sp³-hybridized carbons (Fsp3) is 0.267. The molecule has 1 aromatic heterocycles. The van der Waals surface area contributed by atoms with Crippen molar-refractivity contribution in [3.8, 4) is 5.75 Å². The quantitative estimate of drug-likeness (QED) is 0.770. The lowest BCUT2D eigenvalue weighted by atomic mass is 10.1. The minimum absolute atomic E-state index is 0.150. The number of aromatic hydroxyl groups is 1. The summed E-state index contributed by atoms with van der Waals surface area (Å²) in [6.45, 7) is 1.15. The first-order valence-corrected chi connectivity index (χ1v) is 6.91. The second-order valence-electron chi connectivity index (χ2n) is 5.35. The highest BCUT2D eigenvalue weighted by molar-refractivity contribution is 6.03. The van der Waals surface area contributed by atoms with E-state index < -0.39 is 46.5 Å². The molecule has 1 atom stereocenters. The van der Waals surface area contributed by atoms with E-state index in [0.29, 0.717) is 12.1 Å². The largest absolute Gasteiger partial charge is 0.506 e. The molecule has 1 heterocycles. The Labute approximate surface area is 138 Å². The number of carboxylic acids is 1. The monoisotopic (exact) mass is 358 g/mol. The van der Waals surface area contributed by atoms with Crippen molar-refractivity contribution in [3.63, 3.8) is 0 Å². The van der Waals surface area contributed by atoms with Gasteiger partial charge < -0.3 is 20.1 Å². The zero-order valence-corrected chi connectivity index (χ0v) is 13.0. The molecule has 0 fully saturated rings. The lowest BCUT2D eigenvalue weighted by molar-refractivity contribution is -0.139. The van der Waals surface area contributed by atoms with E-state index in [1.165, 1.54) is 0 Å². The zero-order valence-electron chi connectivity index (χ0n) is 13.0. The number of nitrogens with one attached hydrogen (secondary N) is 1. The smallest absolute Gasteiger partial charge is 0.416 e. The Morgan fingerprint density at radius 1 is 1.28 bits per heavy atom. The van der Waals surface area contributed by atoms with Crippen LogP contribution in [0.2, 0.25) is 0 Å². The highest BCUT2D eigenvalue weighted by Crippen LogP contribution is 2.33. The number of halogens is 3. The lowest BCUT2D eigenvalue weighted by Gasteiger charge is -2.15. The third kappa shape index (κ3) is 3.28. The Hall–Kier alpha value is -3.04. The second-order valence-corrected chi connectivity index (χ2v) is 5.35. The first-order chi connectivity index (χ1) is 11.4. The molecule has 1 aromatic carbocycles. The summed E-state index contributed by atoms with van der Waals surface area (Å²) in [7, 11) is 1.14. The summed E-state index contributed by atoms with van der Waals surface area (Å²) in [6, 6.07) is 0.982. The maximum Gasteiger partial charge on any atom is 0.416 e. The van der Waals surface area contributed by atoms with Gasteiger partial charge in [-0.25, -0.2) is 0 Å². The molecule has 7 nitrogen and oxygen atoms in total. The Morgan fingerprint density at radius 3 is 2.40 bits per heavy atom. The van der Waals surface area contributed by atoms with Gasteiger partial charge in [-0.2, -0.15) is 13.2 Å². The molecular formula is C15H13F3N2O5. The topological polar surface area (TPSA) is 109 Å². The van der Waals surface area contributed by atoms with Crippen molar-refractivity contribution in [2.24, 2.45) is 7.05 Å². The van der Waals surface area contributed by atoms with Crippen molar-refractivity contribution in [2.45, 2.75) is 19.1 Å². The average Bonchev–Trinajstić information content (AvgIpc) is 2.51. The van der Waals surface area contributed by atoms with E-state index in [2.05, 4.69) is 0 Å². The summed E-state index contributed by atoms with van der Waals surface area (Å²) in [5.74, 6) is -3.32. The van der Waals surface area contributed by atoms with Gasteiger partial charge in [-0.1, -0.05) is 0 Å². The number of fused-ring (bicyclic) bond motifs is 1. The number of rotatable bonds is 3. The fourth-order valence-electron chi connectivity index (χ4n) is 2.23. The zero-order chi connectivity index (χ0) is 19.1. The van der Waals surface area contributed by atoms with Crippen LogP contribution in [0.4, 0.5) is 13.2 Å². The maximum atomic E-state index is 12.8. The van der Waals surface area contributed by atoms with Gasteiger partial charge in [0.15, 0.2) is 0 Å². The Bertz CT molecular complexity index is 933. The normalized spacial score (nSPS) is 12.8. The summed E-state index contributed by atoms with van der Waals surface area (Å²) >= 11 is 0. The van der Waals surface area contributed by atoms with E-state index in [1.807, 2.05) is 5.32 Å². The predicted octanol–water partition coefficient (Wildman–Crippen LogP) is 1.47. The van der Waals surface area contributed by atoms with Gasteiger partial charge in [0.25, 0.3) is 11.5 Å². The summed E-state index contributed by atoms with van der Waals surface area (Å²) in [4.78, 5) is 35.1. The number of hydrogen-bond acceptors (Lipinski definition) is 4. The Morgan fingerprint density at radius 2 is 1.88 bits per heavy atom. The molecule has 0 aliphatic carbocycles. The number of pyridine rings is 1. The van der Waals surface area contributed by atoms with Crippen LogP contribution in [-0.2, 0) is 18.0 Å². The molecule has 134 valence electrons. The van der Waals surface area contributed by atoms with Crippen molar-refractivity contribution >= 4 is 22.8 Å². The molecule has 0 aliphatic heterocycles. The van der Waals surface area contributed by atoms with Gasteiger partial charge in [0.2, 0.25) is 0 Å². The number of carboxylic acid groups (broad SMARTS) is 1. The van der Waals surface area contributed by atoms with Gasteiger partial charge >= 0.3 is 12.1 Å². The van der Waals surface area contributed by atoms with Crippen LogP contribution in [0.5, 0.6) is 5.75 Å². The number of nitrogens with zero attached hydrogens (tertiary/aromatic N) is 1. The molecule has 1 amide bonds. The van der Waals surface area contributed by atoms with Crippen LogP contribution in [0, 0.1) is 0 Å². The third-order valence-electron chi connectivity index (χ3n) is 3.64. The minimum Gasteiger partial charge on any atom is -0.506 e. The van der Waals surface area contributed by atoms with Crippen molar-refractivity contribution in [2.75, 3.05) is 0 Å². The molecule has 2 rings (SSSR count). The van der Waals surface area contributed by atoms with Crippen LogP contribution >= 0.6 is 0 Å². The first-order valence-electron chi connectivity index (χ1n) is 6.91. The maximum absolute atomic E-state index is 12.8. The van der Waals surface area contributed by atoms with E-state index in [1.54, 1.807) is 0 Å². The van der Waals surface area contributed by atoms with E-state index in [9.17, 15) is 32.7 Å². The molecule has 3 N–H and O–H groups in total. The number of carbonyl (C=O) groups is 2. The SMILES string of the molecule is CC(NC(=O)c1c(O)c2ccc(C(F)(F)F)cc2n(C)c1=O)C(=O)O. The highest BCUT2D eigenvalue weighted by Gasteiger charge is 2.32. The molecule has 25 heavy (non-hydrogen) atoms. The predicted molar refractivity (Wildman–Crippen MR) is 80.4 cm³/mol. The number of amides is 1. The van der Waals surface area contributed by atoms with Crippen molar-refractivity contribution < 1.29 is 33.0 Å². The van der Waals surface area contributed by atoms with Crippen molar-refractivity contribution in [1.82, 2.24) is 9.88 Å². The van der Waals surface area contributed by atoms with Crippen molar-refractivity contribution in [3.05, 3.63) is 39.7 Å². The number of hydrogen-bond donors (Lipinski definition) is 3. The molecule has 10 heteroatoms. The van der Waals surface area contributed by atoms with E-state index in [-0.39, 0.29) is 10.9 Å². The number of aliphatic carboxylic acids is 1. The summed E-state index contributed by atoms with van der Waals surface area (Å²) in [6.07, 6.45) is -4.65. The molecular weight excluding hydrogens is 345 g/mol. The number of alkyl halides is 3. The van der Waals surface area contributed by atoms with Gasteiger partial charge in [0, 0.05) is 12.4 Å². The summed E-state index contributed by atoms with van der Waals surface area (Å²) < 4.78 is 39.2. The third-order valence-corrected chi connectivity index (χ3v) is 3.64. The standard InChI is InChI=1S/C15H13F3N2O5/c1-6(14(24)25)19-12(22)10-11(21)8-4-3-7(15(16,17)18)5-9(8)20(2)13(10)23/h3-6,21H,1-2H3,(H,19,22)(H,24,25). The molecule has 0 saturated heterocycles. The molecule has 0 saturated carbocycles. The Kier molecular flexibility index (Phi) is 4.47. The van der Waals surface area contributed by atoms with Crippen LogP contribution in [0.1, 0.15) is 22.8 Å². The number of carbonyl (C=O) groups excluding carboxylic acids is 1. The Balaban J connectivity index is 2.67. The minimum atomic E-state index is -4.65. The fourth-order valence-corrected chi connectivity index (χ4v) is 2.23. The average molecular weight is 358 g/mol. The summed E-state index contributed by atoms with van der Waals surface area (Å²) in [5.41, 5.74) is -3.05. The molecule has 0 aliphatic rings. The van der Waals surface area contributed by atoms with Gasteiger partial charge in [0.05, 0.1) is 11.1 Å². The van der Waals surface area contributed by atoms with Crippen LogP contribution in [0.15, 0.2) is 23.0 Å². The van der Waals surface area contributed by atoms with E-state index >= 15 is 0 Å². The van der Waals surface area contributed by atoms with Gasteiger partial charge in [-0.3, -0.25) is 14.4 Å². The van der Waals surface area contributed by atoms with Crippen molar-refractivity contribution in [1.29, 1.82) is 0 Å². The highest BCUT2D eigenvalue weighted by atomic mass is 19.4. The number of benzene rings is 1. The van der Waals surface area contributed by atoms with Gasteiger partial charge in [-0.05, 0) is 25.1 Å². The van der Waals surface area contributed by atoms with E-state index in [0.717, 1.165) is 24.6 Å². The molecule has 1 unspecified atom stereocenters. The molecule has 0 spiro atoms. The van der Waals surface area contributed by atoms with Crippen LogP contribution in [0.3, 0.4) is 0 Å². The van der Waals surface area contributed by atoms with Gasteiger partial charge in [0.1, 0.15) is 17.4 Å². The molecule has 0 radical (unpaired) electrons. The summed E-state index contributed by atoms with van der Waals surface area (Å²) in [5, 5.41) is 20.8. The van der Waals surface area contributed by atoms with Crippen LogP contribution < -0.4 is 10.9 Å². The number of aryl methyl sites for hydroxylation is 1. The second kappa shape index (κ2) is 6.11. The van der Waals surface area contributed by atoms with Crippen LogP contribution in [-0.4, -0.2) is 32.7 Å². The first kappa shape index (κ1) is 18.3.